The van der Waals surface area contributed by atoms with Gasteiger partial charge in [-0.05, 0) is 45.0 Å². The van der Waals surface area contributed by atoms with Crippen molar-refractivity contribution in [1.82, 2.24) is 25.4 Å². The summed E-state index contributed by atoms with van der Waals surface area (Å²) in [5, 5.41) is 4.98. The molecule has 2 heterocycles. The van der Waals surface area contributed by atoms with Crippen LogP contribution in [0.15, 0.2) is 48.7 Å². The van der Waals surface area contributed by atoms with Crippen LogP contribution in [0.3, 0.4) is 0 Å². The van der Waals surface area contributed by atoms with Crippen LogP contribution >= 0.6 is 0 Å². The smallest absolute Gasteiger partial charge is 0.407 e. The van der Waals surface area contributed by atoms with Crippen LogP contribution in [0.5, 0.6) is 0 Å². The van der Waals surface area contributed by atoms with Crippen LogP contribution < -0.4 is 10.6 Å². The molecule has 3 aromatic rings. The molecule has 4 amide bonds. The summed E-state index contributed by atoms with van der Waals surface area (Å²) in [6.07, 6.45) is 0.585. The van der Waals surface area contributed by atoms with E-state index in [1.165, 1.54) is 17.2 Å². The lowest BCUT2D eigenvalue weighted by Gasteiger charge is -2.34. The molecule has 1 saturated heterocycles. The second-order valence-corrected chi connectivity index (χ2v) is 10.5. The third kappa shape index (κ3) is 6.89. The number of benzene rings is 2. The van der Waals surface area contributed by atoms with Gasteiger partial charge in [-0.1, -0.05) is 18.2 Å². The number of alkyl carbamates (subject to hydrolysis) is 1. The fourth-order valence-electron chi connectivity index (χ4n) is 4.46. The van der Waals surface area contributed by atoms with E-state index in [-0.39, 0.29) is 67.2 Å². The Morgan fingerprint density at radius 2 is 1.51 bits per heavy atom. The highest BCUT2D eigenvalue weighted by atomic mass is 19.1. The van der Waals surface area contributed by atoms with Gasteiger partial charge in [0.15, 0.2) is 0 Å². The monoisotopic (exact) mass is 565 g/mol. The SMILES string of the molecule is CC(C)(C)OC(=O)NCCNC(=O)c1ccc(F)c2c(C(=O)C(=O)N3CCN(C(=O)c4ccccc4)CC3)c[nH]c12. The number of fused-ring (bicyclic) bond motifs is 1. The number of rotatable bonds is 7. The minimum absolute atomic E-state index is 0.0667. The van der Waals surface area contributed by atoms with Gasteiger partial charge in [-0.3, -0.25) is 19.2 Å². The number of aromatic amines is 1. The molecule has 0 unspecified atom stereocenters. The van der Waals surface area contributed by atoms with Crippen molar-refractivity contribution in [2.24, 2.45) is 0 Å². The number of ketones is 1. The van der Waals surface area contributed by atoms with Crippen LogP contribution in [-0.2, 0) is 9.53 Å². The fourth-order valence-corrected chi connectivity index (χ4v) is 4.46. The van der Waals surface area contributed by atoms with Gasteiger partial charge in [-0.2, -0.15) is 0 Å². The van der Waals surface area contributed by atoms with Crippen LogP contribution in [0, 0.1) is 5.82 Å². The van der Waals surface area contributed by atoms with Gasteiger partial charge in [0.05, 0.1) is 16.6 Å². The van der Waals surface area contributed by atoms with Gasteiger partial charge in [0.1, 0.15) is 11.4 Å². The molecular formula is C29H32FN5O6. The Morgan fingerprint density at radius 3 is 2.17 bits per heavy atom. The highest BCUT2D eigenvalue weighted by molar-refractivity contribution is 6.45. The second kappa shape index (κ2) is 12.2. The van der Waals surface area contributed by atoms with Crippen LogP contribution in [0.4, 0.5) is 9.18 Å². The Balaban J connectivity index is 1.39. The molecule has 0 atom stereocenters. The minimum Gasteiger partial charge on any atom is -0.444 e. The van der Waals surface area contributed by atoms with Crippen molar-refractivity contribution in [3.8, 4) is 0 Å². The molecule has 4 rings (SSSR count). The average molecular weight is 566 g/mol. The van der Waals surface area contributed by atoms with Gasteiger partial charge in [0.25, 0.3) is 23.5 Å². The van der Waals surface area contributed by atoms with Crippen molar-refractivity contribution in [3.63, 3.8) is 0 Å². The summed E-state index contributed by atoms with van der Waals surface area (Å²) in [5.41, 5.74) is -0.175. The van der Waals surface area contributed by atoms with Gasteiger partial charge in [0, 0.05) is 56.4 Å². The summed E-state index contributed by atoms with van der Waals surface area (Å²) in [4.78, 5) is 69.1. The topological polar surface area (TPSA) is 141 Å². The highest BCUT2D eigenvalue weighted by Crippen LogP contribution is 2.26. The van der Waals surface area contributed by atoms with Crippen molar-refractivity contribution in [3.05, 3.63) is 71.2 Å². The first kappa shape index (κ1) is 29.2. The number of halogens is 1. The number of hydrogen-bond donors (Lipinski definition) is 3. The number of carbonyl (C=O) groups is 5. The van der Waals surface area contributed by atoms with Gasteiger partial charge in [-0.15, -0.1) is 0 Å². The first-order chi connectivity index (χ1) is 19.5. The molecule has 2 aromatic carbocycles. The number of Topliss-reactive ketones (excluding diaryl/α,β-unsaturated/α-hetero) is 1. The number of aromatic nitrogens is 1. The lowest BCUT2D eigenvalue weighted by atomic mass is 10.0. The Morgan fingerprint density at radius 1 is 0.878 bits per heavy atom. The van der Waals surface area contributed by atoms with E-state index < -0.39 is 35.1 Å². The van der Waals surface area contributed by atoms with Crippen LogP contribution in [0.25, 0.3) is 10.9 Å². The molecule has 12 heteroatoms. The summed E-state index contributed by atoms with van der Waals surface area (Å²) >= 11 is 0. The number of nitrogens with one attached hydrogen (secondary N) is 3. The number of ether oxygens (including phenoxy) is 1. The van der Waals surface area contributed by atoms with E-state index in [2.05, 4.69) is 15.6 Å². The Bertz CT molecular complexity index is 1470. The first-order valence-corrected chi connectivity index (χ1v) is 13.2. The molecule has 1 aliphatic rings. The van der Waals surface area contributed by atoms with Crippen LogP contribution in [0.2, 0.25) is 0 Å². The van der Waals surface area contributed by atoms with E-state index in [1.54, 1.807) is 49.9 Å². The summed E-state index contributed by atoms with van der Waals surface area (Å²) in [5.74, 6) is -3.22. The maximum Gasteiger partial charge on any atom is 0.407 e. The molecule has 1 aromatic heterocycles. The molecule has 11 nitrogen and oxygen atoms in total. The van der Waals surface area contributed by atoms with Gasteiger partial charge in [-0.25, -0.2) is 9.18 Å². The quantitative estimate of drug-likeness (QED) is 0.229. The molecule has 3 N–H and O–H groups in total. The maximum atomic E-state index is 14.9. The van der Waals surface area contributed by atoms with Crippen molar-refractivity contribution >= 4 is 40.5 Å². The molecule has 0 saturated carbocycles. The molecule has 1 aliphatic heterocycles. The second-order valence-electron chi connectivity index (χ2n) is 10.5. The maximum absolute atomic E-state index is 14.9. The van der Waals surface area contributed by atoms with Gasteiger partial charge >= 0.3 is 6.09 Å². The normalized spacial score (nSPS) is 13.6. The molecule has 0 radical (unpaired) electrons. The van der Waals surface area contributed by atoms with E-state index in [4.69, 9.17) is 4.74 Å². The molecular weight excluding hydrogens is 533 g/mol. The van der Waals surface area contributed by atoms with Gasteiger partial charge < -0.3 is 30.2 Å². The zero-order valence-corrected chi connectivity index (χ0v) is 23.1. The van der Waals surface area contributed by atoms with E-state index >= 15 is 0 Å². The summed E-state index contributed by atoms with van der Waals surface area (Å²) in [6, 6.07) is 11.1. The van der Waals surface area contributed by atoms with E-state index in [0.29, 0.717) is 5.56 Å². The molecule has 0 aliphatic carbocycles. The van der Waals surface area contributed by atoms with Crippen molar-refractivity contribution in [2.75, 3.05) is 39.3 Å². The number of hydrogen-bond acceptors (Lipinski definition) is 6. The zero-order chi connectivity index (χ0) is 29.7. The fraction of sp³-hybridized carbons (Fsp3) is 0.345. The Kier molecular flexibility index (Phi) is 8.70. The Labute approximate surface area is 236 Å². The average Bonchev–Trinajstić information content (AvgIpc) is 3.40. The first-order valence-electron chi connectivity index (χ1n) is 13.2. The number of amides is 4. The zero-order valence-electron chi connectivity index (χ0n) is 23.1. The third-order valence-electron chi connectivity index (χ3n) is 6.42. The predicted octanol–water partition coefficient (Wildman–Crippen LogP) is 2.73. The summed E-state index contributed by atoms with van der Waals surface area (Å²) in [7, 11) is 0. The molecule has 1 fully saturated rings. The third-order valence-corrected chi connectivity index (χ3v) is 6.42. The minimum atomic E-state index is -0.919. The Hall–Kier alpha value is -4.74. The molecule has 216 valence electrons. The van der Waals surface area contributed by atoms with Gasteiger partial charge in [0.2, 0.25) is 0 Å². The van der Waals surface area contributed by atoms with E-state index in [1.807, 2.05) is 6.07 Å². The number of nitrogens with zero attached hydrogens (tertiary/aromatic N) is 2. The van der Waals surface area contributed by atoms with Crippen LogP contribution in [-0.4, -0.2) is 89.3 Å². The summed E-state index contributed by atoms with van der Waals surface area (Å²) in [6.45, 7) is 6.16. The number of H-pyrrole nitrogens is 1. The van der Waals surface area contributed by atoms with Crippen LogP contribution in [0.1, 0.15) is 51.8 Å². The predicted molar refractivity (Wildman–Crippen MR) is 148 cm³/mol. The molecule has 0 spiro atoms. The highest BCUT2D eigenvalue weighted by Gasteiger charge is 2.31. The van der Waals surface area contributed by atoms with Crippen molar-refractivity contribution in [2.45, 2.75) is 26.4 Å². The molecule has 0 bridgehead atoms. The lowest BCUT2D eigenvalue weighted by Crippen LogP contribution is -2.52. The van der Waals surface area contributed by atoms with Crippen molar-refractivity contribution < 1.29 is 33.1 Å². The lowest BCUT2D eigenvalue weighted by molar-refractivity contribution is -0.127. The number of piperazine rings is 1. The standard InChI is InChI=1S/C29H32FN5O6/c1-29(2,3)41-28(40)32-12-11-31-25(37)19-9-10-21(30)22-20(17-33-23(19)22)24(36)27(39)35-15-13-34(14-16-35)26(38)18-7-5-4-6-8-18/h4-10,17,33H,11-16H2,1-3H3,(H,31,37)(H,32,40). The van der Waals surface area contributed by atoms with E-state index in [0.717, 1.165) is 6.07 Å². The van der Waals surface area contributed by atoms with Crippen molar-refractivity contribution in [1.29, 1.82) is 0 Å². The largest absolute Gasteiger partial charge is 0.444 e. The number of carbonyl (C=O) groups excluding carboxylic acids is 5. The van der Waals surface area contributed by atoms with E-state index in [9.17, 15) is 28.4 Å². The molecule has 41 heavy (non-hydrogen) atoms. The summed E-state index contributed by atoms with van der Waals surface area (Å²) < 4.78 is 20.0.